The minimum atomic E-state index is -1.44. The van der Waals surface area contributed by atoms with Crippen LogP contribution in [0.5, 0.6) is 0 Å². The number of carbonyl (C=O) groups excluding carboxylic acids is 2. The van der Waals surface area contributed by atoms with Gasteiger partial charge in [-0.25, -0.2) is 4.79 Å². The van der Waals surface area contributed by atoms with Gasteiger partial charge in [-0.05, 0) is 6.42 Å². The highest BCUT2D eigenvalue weighted by Crippen LogP contribution is 2.11. The van der Waals surface area contributed by atoms with Crippen molar-refractivity contribution in [2.45, 2.75) is 19.4 Å². The van der Waals surface area contributed by atoms with Crippen LogP contribution in [0.4, 0.5) is 0 Å². The second-order valence-corrected chi connectivity index (χ2v) is 2.51. The lowest BCUT2D eigenvalue weighted by Gasteiger charge is -2.16. The van der Waals surface area contributed by atoms with Crippen LogP contribution in [-0.4, -0.2) is 37.4 Å². The van der Waals surface area contributed by atoms with E-state index in [2.05, 4.69) is 9.47 Å². The summed E-state index contributed by atoms with van der Waals surface area (Å²) in [6, 6.07) is 0. The first-order valence-electron chi connectivity index (χ1n) is 3.92. The molecule has 76 valence electrons. The van der Waals surface area contributed by atoms with Gasteiger partial charge in [-0.3, -0.25) is 4.79 Å². The average molecular weight is 190 g/mol. The number of aliphatic hydroxyl groups excluding tert-OH is 1. The first-order chi connectivity index (χ1) is 6.08. The number of ether oxygens (including phenoxy) is 2. The molecule has 0 aromatic heterocycles. The van der Waals surface area contributed by atoms with Gasteiger partial charge in [0.2, 0.25) is 0 Å². The number of hydrogen-bond acceptors (Lipinski definition) is 5. The lowest BCUT2D eigenvalue weighted by molar-refractivity contribution is -0.163. The monoisotopic (exact) mass is 190 g/mol. The molecule has 0 aromatic rings. The number of carbonyl (C=O) groups is 2. The van der Waals surface area contributed by atoms with Crippen molar-refractivity contribution in [1.82, 2.24) is 0 Å². The van der Waals surface area contributed by atoms with Crippen LogP contribution >= 0.6 is 0 Å². The van der Waals surface area contributed by atoms with E-state index in [9.17, 15) is 14.7 Å². The molecular formula is C8H14O5. The molecule has 0 fully saturated rings. The predicted molar refractivity (Wildman–Crippen MR) is 43.8 cm³/mol. The number of methoxy groups -OCH3 is 2. The molecule has 0 aliphatic rings. The van der Waals surface area contributed by atoms with Gasteiger partial charge < -0.3 is 14.6 Å². The second kappa shape index (κ2) is 5.53. The molecule has 0 aliphatic heterocycles. The van der Waals surface area contributed by atoms with Crippen molar-refractivity contribution in [3.63, 3.8) is 0 Å². The van der Waals surface area contributed by atoms with Gasteiger partial charge in [0, 0.05) is 0 Å². The molecule has 13 heavy (non-hydrogen) atoms. The Bertz CT molecular complexity index is 189. The Kier molecular flexibility index (Phi) is 5.06. The molecule has 0 saturated heterocycles. The molecule has 1 N–H and O–H groups in total. The highest BCUT2D eigenvalue weighted by Gasteiger charge is 2.32. The summed E-state index contributed by atoms with van der Waals surface area (Å²) in [5.74, 6) is -2.28. The van der Waals surface area contributed by atoms with Crippen molar-refractivity contribution >= 4 is 11.9 Å². The maximum Gasteiger partial charge on any atom is 0.335 e. The zero-order chi connectivity index (χ0) is 10.4. The molecule has 0 rings (SSSR count). The summed E-state index contributed by atoms with van der Waals surface area (Å²) in [6.45, 7) is 1.67. The molecule has 0 aliphatic carbocycles. The molecule has 0 unspecified atom stereocenters. The van der Waals surface area contributed by atoms with Crippen molar-refractivity contribution in [2.24, 2.45) is 5.92 Å². The Labute approximate surface area is 76.6 Å². The van der Waals surface area contributed by atoms with E-state index in [1.165, 1.54) is 7.11 Å². The summed E-state index contributed by atoms with van der Waals surface area (Å²) in [5, 5.41) is 9.30. The van der Waals surface area contributed by atoms with Crippen LogP contribution in [0.3, 0.4) is 0 Å². The minimum Gasteiger partial charge on any atom is -0.469 e. The predicted octanol–water partition coefficient (Wildman–Crippen LogP) is -0.281. The highest BCUT2D eigenvalue weighted by molar-refractivity contribution is 5.83. The van der Waals surface area contributed by atoms with Gasteiger partial charge in [-0.1, -0.05) is 6.92 Å². The fourth-order valence-electron chi connectivity index (χ4n) is 0.955. The number of esters is 2. The van der Waals surface area contributed by atoms with Gasteiger partial charge in [0.15, 0.2) is 6.10 Å². The Morgan fingerprint density at radius 3 is 2.00 bits per heavy atom. The van der Waals surface area contributed by atoms with Crippen LogP contribution in [-0.2, 0) is 19.1 Å². The fourth-order valence-corrected chi connectivity index (χ4v) is 0.955. The van der Waals surface area contributed by atoms with Crippen molar-refractivity contribution < 1.29 is 24.2 Å². The molecule has 0 saturated carbocycles. The topological polar surface area (TPSA) is 72.8 Å². The lowest BCUT2D eigenvalue weighted by Crippen LogP contribution is -2.35. The summed E-state index contributed by atoms with van der Waals surface area (Å²) in [5.41, 5.74) is 0. The van der Waals surface area contributed by atoms with Crippen LogP contribution in [0.25, 0.3) is 0 Å². The zero-order valence-corrected chi connectivity index (χ0v) is 7.94. The van der Waals surface area contributed by atoms with Crippen molar-refractivity contribution in [1.29, 1.82) is 0 Å². The van der Waals surface area contributed by atoms with Crippen LogP contribution in [0.15, 0.2) is 0 Å². The van der Waals surface area contributed by atoms with Gasteiger partial charge in [-0.15, -0.1) is 0 Å². The van der Waals surface area contributed by atoms with Gasteiger partial charge in [0.05, 0.1) is 20.1 Å². The Morgan fingerprint density at radius 2 is 1.69 bits per heavy atom. The average Bonchev–Trinajstić information content (AvgIpc) is 2.17. The highest BCUT2D eigenvalue weighted by atomic mass is 16.5. The minimum absolute atomic E-state index is 0.322. The molecule has 0 heterocycles. The fraction of sp³-hybridized carbons (Fsp3) is 0.750. The van der Waals surface area contributed by atoms with E-state index in [-0.39, 0.29) is 0 Å². The number of hydrogen-bond donors (Lipinski definition) is 1. The van der Waals surface area contributed by atoms with Crippen molar-refractivity contribution in [3.05, 3.63) is 0 Å². The van der Waals surface area contributed by atoms with Crippen molar-refractivity contribution in [3.8, 4) is 0 Å². The summed E-state index contributed by atoms with van der Waals surface area (Å²) in [4.78, 5) is 21.9. The molecule has 5 heteroatoms. The summed E-state index contributed by atoms with van der Waals surface area (Å²) in [7, 11) is 2.35. The SMILES string of the molecule is CC[C@@H](C(=O)OC)[C@H](O)C(=O)OC. The van der Waals surface area contributed by atoms with E-state index < -0.39 is 24.0 Å². The number of rotatable bonds is 4. The lowest BCUT2D eigenvalue weighted by atomic mass is 10.00. The molecule has 0 bridgehead atoms. The maximum atomic E-state index is 11.0. The first kappa shape index (κ1) is 11.9. The molecule has 0 spiro atoms. The third-order valence-corrected chi connectivity index (χ3v) is 1.77. The smallest absolute Gasteiger partial charge is 0.335 e. The van der Waals surface area contributed by atoms with Crippen LogP contribution < -0.4 is 0 Å². The molecule has 0 amide bonds. The van der Waals surface area contributed by atoms with Gasteiger partial charge >= 0.3 is 11.9 Å². The summed E-state index contributed by atoms with van der Waals surface area (Å²) in [6.07, 6.45) is -1.12. The van der Waals surface area contributed by atoms with Gasteiger partial charge in [0.1, 0.15) is 0 Å². The van der Waals surface area contributed by atoms with E-state index in [1.807, 2.05) is 0 Å². The first-order valence-corrected chi connectivity index (χ1v) is 3.92. The zero-order valence-electron chi connectivity index (χ0n) is 7.94. The van der Waals surface area contributed by atoms with E-state index in [0.717, 1.165) is 7.11 Å². The quantitative estimate of drug-likeness (QED) is 0.617. The Morgan fingerprint density at radius 1 is 1.23 bits per heavy atom. The third-order valence-electron chi connectivity index (χ3n) is 1.77. The third kappa shape index (κ3) is 3.02. The molecular weight excluding hydrogens is 176 g/mol. The second-order valence-electron chi connectivity index (χ2n) is 2.51. The normalized spacial score (nSPS) is 14.5. The van der Waals surface area contributed by atoms with Crippen LogP contribution in [0.1, 0.15) is 13.3 Å². The Balaban J connectivity index is 4.39. The largest absolute Gasteiger partial charge is 0.469 e. The summed E-state index contributed by atoms with van der Waals surface area (Å²) >= 11 is 0. The molecule has 2 atom stereocenters. The van der Waals surface area contributed by atoms with Crippen LogP contribution in [0, 0.1) is 5.92 Å². The summed E-state index contributed by atoms with van der Waals surface area (Å²) < 4.78 is 8.71. The number of aliphatic hydroxyl groups is 1. The van der Waals surface area contributed by atoms with Crippen LogP contribution in [0.2, 0.25) is 0 Å². The molecule has 0 radical (unpaired) electrons. The Hall–Kier alpha value is -1.10. The van der Waals surface area contributed by atoms with Gasteiger partial charge in [-0.2, -0.15) is 0 Å². The van der Waals surface area contributed by atoms with Gasteiger partial charge in [0.25, 0.3) is 0 Å². The maximum absolute atomic E-state index is 11.0. The van der Waals surface area contributed by atoms with E-state index in [1.54, 1.807) is 6.92 Å². The van der Waals surface area contributed by atoms with E-state index in [0.29, 0.717) is 6.42 Å². The molecule has 0 aromatic carbocycles. The standard InChI is InChI=1S/C8H14O5/c1-4-5(7(10)12-2)6(9)8(11)13-3/h5-6,9H,4H2,1-3H3/t5-,6+/m1/s1. The van der Waals surface area contributed by atoms with E-state index in [4.69, 9.17) is 0 Å². The van der Waals surface area contributed by atoms with Crippen molar-refractivity contribution in [2.75, 3.05) is 14.2 Å². The van der Waals surface area contributed by atoms with E-state index >= 15 is 0 Å². The molecule has 5 nitrogen and oxygen atoms in total.